The Bertz CT molecular complexity index is 461. The summed E-state index contributed by atoms with van der Waals surface area (Å²) < 4.78 is 4.75. The number of para-hydroxylation sites is 1. The van der Waals surface area contributed by atoms with Gasteiger partial charge in [-0.05, 0) is 25.0 Å². The molecule has 0 saturated carbocycles. The number of amides is 2. The lowest BCUT2D eigenvalue weighted by Crippen LogP contribution is -2.47. The molecule has 5 heteroatoms. The highest BCUT2D eigenvalue weighted by Crippen LogP contribution is 2.22. The highest BCUT2D eigenvalue weighted by molar-refractivity contribution is 5.94. The molecule has 1 aromatic rings. The number of benzene rings is 1. The minimum atomic E-state index is -0.455. The molecule has 0 unspecified atom stereocenters. The number of anilines is 1. The number of urea groups is 1. The van der Waals surface area contributed by atoms with Gasteiger partial charge in [0, 0.05) is 19.3 Å². The number of carbonyl (C=O) groups excluding carboxylic acids is 2. The van der Waals surface area contributed by atoms with Crippen LogP contribution >= 0.6 is 0 Å². The fraction of sp³-hybridized carbons (Fsp3) is 0.429. The number of nitrogens with zero attached hydrogens (tertiary/aromatic N) is 2. The molecule has 1 aliphatic heterocycles. The average Bonchev–Trinajstić information content (AvgIpc) is 2.95. The van der Waals surface area contributed by atoms with Gasteiger partial charge in [-0.15, -0.1) is 0 Å². The molecule has 2 amide bonds. The molecule has 0 aromatic heterocycles. The summed E-state index contributed by atoms with van der Waals surface area (Å²) in [5, 5.41) is 0. The van der Waals surface area contributed by atoms with Crippen molar-refractivity contribution in [3.8, 4) is 0 Å². The van der Waals surface area contributed by atoms with Crippen LogP contribution in [0.5, 0.6) is 0 Å². The van der Waals surface area contributed by atoms with E-state index < -0.39 is 6.04 Å². The topological polar surface area (TPSA) is 49.9 Å². The maximum Gasteiger partial charge on any atom is 0.328 e. The van der Waals surface area contributed by atoms with Gasteiger partial charge in [0.25, 0.3) is 0 Å². The molecule has 0 bridgehead atoms. The van der Waals surface area contributed by atoms with Crippen molar-refractivity contribution in [3.05, 3.63) is 30.3 Å². The van der Waals surface area contributed by atoms with Crippen molar-refractivity contribution >= 4 is 17.7 Å². The van der Waals surface area contributed by atoms with Crippen molar-refractivity contribution in [2.75, 3.05) is 25.6 Å². The molecular weight excluding hydrogens is 244 g/mol. The van der Waals surface area contributed by atoms with Gasteiger partial charge in [0.15, 0.2) is 0 Å². The van der Waals surface area contributed by atoms with E-state index in [1.807, 2.05) is 30.3 Å². The summed E-state index contributed by atoms with van der Waals surface area (Å²) in [5.41, 5.74) is 0.808. The van der Waals surface area contributed by atoms with Crippen LogP contribution < -0.4 is 4.90 Å². The van der Waals surface area contributed by atoms with Crippen molar-refractivity contribution in [2.24, 2.45) is 0 Å². The summed E-state index contributed by atoms with van der Waals surface area (Å²) in [6, 6.07) is 8.75. The Morgan fingerprint density at radius 3 is 2.63 bits per heavy atom. The molecule has 1 atom stereocenters. The predicted molar refractivity (Wildman–Crippen MR) is 72.0 cm³/mol. The average molecular weight is 262 g/mol. The highest BCUT2D eigenvalue weighted by Gasteiger charge is 2.36. The number of carbonyl (C=O) groups is 2. The van der Waals surface area contributed by atoms with Crippen LogP contribution in [0.25, 0.3) is 0 Å². The number of esters is 1. The monoisotopic (exact) mass is 262 g/mol. The Labute approximate surface area is 112 Å². The largest absolute Gasteiger partial charge is 0.467 e. The summed E-state index contributed by atoms with van der Waals surface area (Å²) in [7, 11) is 3.06. The Kier molecular flexibility index (Phi) is 4.04. The second-order valence-electron chi connectivity index (χ2n) is 4.55. The summed E-state index contributed by atoms with van der Waals surface area (Å²) in [4.78, 5) is 27.2. The second kappa shape index (κ2) is 5.73. The maximum atomic E-state index is 12.4. The van der Waals surface area contributed by atoms with Crippen LogP contribution in [0.3, 0.4) is 0 Å². The van der Waals surface area contributed by atoms with Crippen molar-refractivity contribution in [1.29, 1.82) is 0 Å². The van der Waals surface area contributed by atoms with Crippen molar-refractivity contribution < 1.29 is 14.3 Å². The zero-order chi connectivity index (χ0) is 13.8. The Hall–Kier alpha value is -2.04. The molecule has 0 spiro atoms. The Balaban J connectivity index is 2.13. The van der Waals surface area contributed by atoms with Gasteiger partial charge in [-0.2, -0.15) is 0 Å². The Morgan fingerprint density at radius 1 is 1.32 bits per heavy atom. The van der Waals surface area contributed by atoms with E-state index in [9.17, 15) is 9.59 Å². The molecular formula is C14H18N2O3. The van der Waals surface area contributed by atoms with Gasteiger partial charge in [0.1, 0.15) is 6.04 Å². The molecule has 5 nitrogen and oxygen atoms in total. The van der Waals surface area contributed by atoms with E-state index in [1.165, 1.54) is 7.11 Å². The van der Waals surface area contributed by atoms with Crippen LogP contribution in [0.1, 0.15) is 12.8 Å². The number of methoxy groups -OCH3 is 1. The summed E-state index contributed by atoms with van der Waals surface area (Å²) in [6.45, 7) is 0.593. The lowest BCUT2D eigenvalue weighted by atomic mass is 10.2. The summed E-state index contributed by atoms with van der Waals surface area (Å²) in [6.07, 6.45) is 1.50. The van der Waals surface area contributed by atoms with E-state index in [0.29, 0.717) is 13.0 Å². The third-order valence-corrected chi connectivity index (χ3v) is 3.40. The van der Waals surface area contributed by atoms with Gasteiger partial charge < -0.3 is 9.64 Å². The van der Waals surface area contributed by atoms with Crippen LogP contribution in [-0.2, 0) is 9.53 Å². The number of ether oxygens (including phenoxy) is 1. The lowest BCUT2D eigenvalue weighted by molar-refractivity contribution is -0.144. The smallest absolute Gasteiger partial charge is 0.328 e. The molecule has 0 aliphatic carbocycles. The van der Waals surface area contributed by atoms with Crippen LogP contribution in [-0.4, -0.2) is 43.6 Å². The lowest BCUT2D eigenvalue weighted by Gasteiger charge is -2.28. The molecule has 19 heavy (non-hydrogen) atoms. The Morgan fingerprint density at radius 2 is 2.00 bits per heavy atom. The highest BCUT2D eigenvalue weighted by atomic mass is 16.5. The minimum Gasteiger partial charge on any atom is -0.467 e. The molecule has 1 aromatic carbocycles. The van der Waals surface area contributed by atoms with Gasteiger partial charge in [0.2, 0.25) is 0 Å². The number of rotatable bonds is 2. The normalized spacial score (nSPS) is 18.2. The summed E-state index contributed by atoms with van der Waals surface area (Å²) >= 11 is 0. The van der Waals surface area contributed by atoms with E-state index in [-0.39, 0.29) is 12.0 Å². The first-order valence-corrected chi connectivity index (χ1v) is 6.32. The standard InChI is InChI=1S/C14H18N2O3/c1-15(11-7-4-3-5-8-11)14(18)16-10-6-9-12(16)13(17)19-2/h3-5,7-8,12H,6,9-10H2,1-2H3/t12-/m0/s1. The molecule has 0 radical (unpaired) electrons. The van der Waals surface area contributed by atoms with E-state index in [1.54, 1.807) is 16.8 Å². The van der Waals surface area contributed by atoms with Gasteiger partial charge >= 0.3 is 12.0 Å². The van der Waals surface area contributed by atoms with Crippen LogP contribution in [0.4, 0.5) is 10.5 Å². The minimum absolute atomic E-state index is 0.167. The zero-order valence-corrected chi connectivity index (χ0v) is 11.2. The van der Waals surface area contributed by atoms with Crippen LogP contribution in [0.15, 0.2) is 30.3 Å². The maximum absolute atomic E-state index is 12.4. The first-order chi connectivity index (χ1) is 9.15. The van der Waals surface area contributed by atoms with Gasteiger partial charge in [0.05, 0.1) is 7.11 Å². The third kappa shape index (κ3) is 2.70. The van der Waals surface area contributed by atoms with Crippen molar-refractivity contribution in [1.82, 2.24) is 4.90 Å². The van der Waals surface area contributed by atoms with E-state index >= 15 is 0 Å². The van der Waals surface area contributed by atoms with E-state index in [2.05, 4.69) is 0 Å². The zero-order valence-electron chi connectivity index (χ0n) is 11.2. The third-order valence-electron chi connectivity index (χ3n) is 3.40. The fourth-order valence-electron chi connectivity index (χ4n) is 2.33. The molecule has 2 rings (SSSR count). The van der Waals surface area contributed by atoms with Crippen LogP contribution in [0, 0.1) is 0 Å². The molecule has 1 heterocycles. The van der Waals surface area contributed by atoms with Crippen molar-refractivity contribution in [2.45, 2.75) is 18.9 Å². The molecule has 102 valence electrons. The first kappa shape index (κ1) is 13.4. The van der Waals surface area contributed by atoms with Gasteiger partial charge in [-0.1, -0.05) is 18.2 Å². The SMILES string of the molecule is COC(=O)[C@@H]1CCCN1C(=O)N(C)c1ccccc1. The molecule has 1 aliphatic rings. The van der Waals surface area contributed by atoms with Gasteiger partial charge in [-0.3, -0.25) is 4.90 Å². The number of hydrogen-bond donors (Lipinski definition) is 0. The van der Waals surface area contributed by atoms with Crippen LogP contribution in [0.2, 0.25) is 0 Å². The first-order valence-electron chi connectivity index (χ1n) is 6.32. The van der Waals surface area contributed by atoms with Gasteiger partial charge in [-0.25, -0.2) is 9.59 Å². The molecule has 1 fully saturated rings. The van der Waals surface area contributed by atoms with Crippen molar-refractivity contribution in [3.63, 3.8) is 0 Å². The number of hydrogen-bond acceptors (Lipinski definition) is 3. The second-order valence-corrected chi connectivity index (χ2v) is 4.55. The molecule has 0 N–H and O–H groups in total. The quantitative estimate of drug-likeness (QED) is 0.765. The number of likely N-dealkylation sites (tertiary alicyclic amines) is 1. The molecule has 1 saturated heterocycles. The summed E-state index contributed by atoms with van der Waals surface area (Å²) in [5.74, 6) is -0.340. The fourth-order valence-corrected chi connectivity index (χ4v) is 2.33. The van der Waals surface area contributed by atoms with E-state index in [0.717, 1.165) is 12.1 Å². The predicted octanol–water partition coefficient (Wildman–Crippen LogP) is 1.88. The van der Waals surface area contributed by atoms with E-state index in [4.69, 9.17) is 4.74 Å².